The van der Waals surface area contributed by atoms with Crippen LogP contribution in [0.1, 0.15) is 29.3 Å². The van der Waals surface area contributed by atoms with E-state index in [1.165, 1.54) is 0 Å². The van der Waals surface area contributed by atoms with Gasteiger partial charge in [0.25, 0.3) is 5.91 Å². The minimum Gasteiger partial charge on any atom is -0.484 e. The van der Waals surface area contributed by atoms with Crippen LogP contribution in [0.3, 0.4) is 0 Å². The average molecular weight is 340 g/mol. The molecule has 1 N–H and O–H groups in total. The third-order valence-electron chi connectivity index (χ3n) is 3.58. The van der Waals surface area contributed by atoms with Gasteiger partial charge in [-0.05, 0) is 56.1 Å². The molecule has 132 valence electrons. The summed E-state index contributed by atoms with van der Waals surface area (Å²) in [7, 11) is 4.00. The molecular formula is C20H24N2O3. The summed E-state index contributed by atoms with van der Waals surface area (Å²) < 4.78 is 5.47. The quantitative estimate of drug-likeness (QED) is 0.749. The van der Waals surface area contributed by atoms with E-state index in [9.17, 15) is 9.59 Å². The molecule has 0 atom stereocenters. The van der Waals surface area contributed by atoms with E-state index in [4.69, 9.17) is 4.74 Å². The molecule has 0 aliphatic carbocycles. The number of carbonyl (C=O) groups is 2. The maximum atomic E-state index is 12.0. The Bertz CT molecular complexity index is 724. The van der Waals surface area contributed by atoms with E-state index in [1.807, 2.05) is 45.3 Å². The molecule has 0 aromatic heterocycles. The van der Waals surface area contributed by atoms with E-state index >= 15 is 0 Å². The van der Waals surface area contributed by atoms with Crippen LogP contribution in [-0.2, 0) is 11.3 Å². The third-order valence-corrected chi connectivity index (χ3v) is 3.58. The molecule has 0 fully saturated rings. The minimum atomic E-state index is -0.226. The zero-order valence-electron chi connectivity index (χ0n) is 14.9. The summed E-state index contributed by atoms with van der Waals surface area (Å²) in [5, 5.41) is 2.83. The molecule has 0 spiro atoms. The van der Waals surface area contributed by atoms with Gasteiger partial charge in [-0.15, -0.1) is 0 Å². The predicted molar refractivity (Wildman–Crippen MR) is 99.0 cm³/mol. The molecule has 0 unspecified atom stereocenters. The van der Waals surface area contributed by atoms with Crippen molar-refractivity contribution >= 4 is 17.4 Å². The second-order valence-electron chi connectivity index (χ2n) is 6.08. The van der Waals surface area contributed by atoms with Gasteiger partial charge in [0.15, 0.2) is 12.4 Å². The van der Waals surface area contributed by atoms with Crippen LogP contribution in [0.25, 0.3) is 0 Å². The first-order valence-electron chi connectivity index (χ1n) is 8.27. The molecule has 5 heteroatoms. The topological polar surface area (TPSA) is 58.6 Å². The van der Waals surface area contributed by atoms with Crippen LogP contribution in [0.15, 0.2) is 48.5 Å². The molecule has 0 heterocycles. The molecule has 0 bridgehead atoms. The van der Waals surface area contributed by atoms with Crippen molar-refractivity contribution < 1.29 is 14.3 Å². The number of nitrogens with one attached hydrogen (secondary N) is 1. The number of ketones is 1. The Kier molecular flexibility index (Phi) is 6.71. The van der Waals surface area contributed by atoms with Crippen molar-refractivity contribution in [1.29, 1.82) is 0 Å². The predicted octanol–water partition coefficient (Wildman–Crippen LogP) is 3.36. The molecule has 1 amide bonds. The second kappa shape index (κ2) is 8.99. The molecule has 0 saturated heterocycles. The summed E-state index contributed by atoms with van der Waals surface area (Å²) >= 11 is 0. The highest BCUT2D eigenvalue weighted by Gasteiger charge is 2.06. The van der Waals surface area contributed by atoms with Crippen molar-refractivity contribution in [3.63, 3.8) is 0 Å². The number of amides is 1. The lowest BCUT2D eigenvalue weighted by molar-refractivity contribution is -0.118. The first-order chi connectivity index (χ1) is 12.0. The van der Waals surface area contributed by atoms with Crippen molar-refractivity contribution in [2.75, 3.05) is 26.0 Å². The number of benzene rings is 2. The maximum absolute atomic E-state index is 12.0. The normalized spacial score (nSPS) is 10.6. The maximum Gasteiger partial charge on any atom is 0.262 e. The fourth-order valence-corrected chi connectivity index (χ4v) is 2.40. The van der Waals surface area contributed by atoms with Crippen LogP contribution in [0.5, 0.6) is 5.75 Å². The van der Waals surface area contributed by atoms with Gasteiger partial charge in [-0.2, -0.15) is 0 Å². The molecule has 2 aromatic rings. The van der Waals surface area contributed by atoms with Crippen molar-refractivity contribution in [3.8, 4) is 5.75 Å². The minimum absolute atomic E-state index is 0.0843. The van der Waals surface area contributed by atoms with Gasteiger partial charge in [0.2, 0.25) is 0 Å². The lowest BCUT2D eigenvalue weighted by Gasteiger charge is -2.12. The monoisotopic (exact) mass is 340 g/mol. The van der Waals surface area contributed by atoms with Gasteiger partial charge in [0.05, 0.1) is 0 Å². The highest BCUT2D eigenvalue weighted by Crippen LogP contribution is 2.14. The number of nitrogens with zero attached hydrogens (tertiary/aromatic N) is 1. The van der Waals surface area contributed by atoms with Gasteiger partial charge in [-0.1, -0.05) is 19.1 Å². The van der Waals surface area contributed by atoms with Gasteiger partial charge < -0.3 is 15.0 Å². The fraction of sp³-hybridized carbons (Fsp3) is 0.300. The Balaban J connectivity index is 1.87. The summed E-state index contributed by atoms with van der Waals surface area (Å²) in [6.45, 7) is 2.55. The number of hydrogen-bond acceptors (Lipinski definition) is 4. The van der Waals surface area contributed by atoms with Gasteiger partial charge in [-0.25, -0.2) is 0 Å². The van der Waals surface area contributed by atoms with E-state index in [0.29, 0.717) is 17.7 Å². The number of rotatable bonds is 8. The van der Waals surface area contributed by atoms with Crippen LogP contribution in [0.2, 0.25) is 0 Å². The van der Waals surface area contributed by atoms with Crippen molar-refractivity contribution in [2.24, 2.45) is 0 Å². The molecule has 0 aliphatic heterocycles. The van der Waals surface area contributed by atoms with Crippen LogP contribution in [0.4, 0.5) is 5.69 Å². The number of hydrogen-bond donors (Lipinski definition) is 1. The van der Waals surface area contributed by atoms with Gasteiger partial charge in [0.1, 0.15) is 5.75 Å². The molecule has 2 rings (SSSR count). The molecule has 0 aliphatic rings. The van der Waals surface area contributed by atoms with Crippen molar-refractivity contribution in [3.05, 3.63) is 59.7 Å². The standard InChI is InChI=1S/C20H24N2O3/c1-4-19(23)16-8-10-18(11-9-16)25-14-20(24)21-17-7-5-6-15(12-17)13-22(2)3/h5-12H,4,13-14H2,1-3H3,(H,21,24). The van der Waals surface area contributed by atoms with Crippen molar-refractivity contribution in [1.82, 2.24) is 4.90 Å². The first-order valence-corrected chi connectivity index (χ1v) is 8.27. The summed E-state index contributed by atoms with van der Waals surface area (Å²) in [6.07, 6.45) is 0.468. The molecule has 5 nitrogen and oxygen atoms in total. The van der Waals surface area contributed by atoms with E-state index < -0.39 is 0 Å². The van der Waals surface area contributed by atoms with Crippen LogP contribution >= 0.6 is 0 Å². The summed E-state index contributed by atoms with van der Waals surface area (Å²) in [5.74, 6) is 0.418. The molecule has 0 saturated carbocycles. The van der Waals surface area contributed by atoms with Crippen LogP contribution in [0, 0.1) is 0 Å². The third kappa shape index (κ3) is 6.04. The SMILES string of the molecule is CCC(=O)c1ccc(OCC(=O)Nc2cccc(CN(C)C)c2)cc1. The second-order valence-corrected chi connectivity index (χ2v) is 6.08. The zero-order valence-corrected chi connectivity index (χ0v) is 14.9. The zero-order chi connectivity index (χ0) is 18.2. The van der Waals surface area contributed by atoms with E-state index in [0.717, 1.165) is 17.8 Å². The van der Waals surface area contributed by atoms with E-state index in [1.54, 1.807) is 24.3 Å². The van der Waals surface area contributed by atoms with Gasteiger partial charge in [-0.3, -0.25) is 9.59 Å². The Hall–Kier alpha value is -2.66. The molecule has 2 aromatic carbocycles. The summed E-state index contributed by atoms with van der Waals surface area (Å²) in [4.78, 5) is 25.7. The lowest BCUT2D eigenvalue weighted by Crippen LogP contribution is -2.20. The number of ether oxygens (including phenoxy) is 1. The Labute approximate surface area is 148 Å². The van der Waals surface area contributed by atoms with Crippen LogP contribution < -0.4 is 10.1 Å². The van der Waals surface area contributed by atoms with Gasteiger partial charge >= 0.3 is 0 Å². The molecule has 25 heavy (non-hydrogen) atoms. The highest BCUT2D eigenvalue weighted by molar-refractivity contribution is 5.96. The molecular weight excluding hydrogens is 316 g/mol. The van der Waals surface area contributed by atoms with E-state index in [2.05, 4.69) is 10.2 Å². The average Bonchev–Trinajstić information content (AvgIpc) is 2.59. The lowest BCUT2D eigenvalue weighted by atomic mass is 10.1. The first kappa shape index (κ1) is 18.7. The number of anilines is 1. The fourth-order valence-electron chi connectivity index (χ4n) is 2.40. The molecule has 0 radical (unpaired) electrons. The van der Waals surface area contributed by atoms with E-state index in [-0.39, 0.29) is 18.3 Å². The van der Waals surface area contributed by atoms with Crippen LogP contribution in [-0.4, -0.2) is 37.3 Å². The number of carbonyl (C=O) groups excluding carboxylic acids is 2. The Morgan fingerprint density at radius 3 is 2.44 bits per heavy atom. The van der Waals surface area contributed by atoms with Gasteiger partial charge in [0, 0.05) is 24.2 Å². The summed E-state index contributed by atoms with van der Waals surface area (Å²) in [5.41, 5.74) is 2.52. The Morgan fingerprint density at radius 1 is 1.08 bits per heavy atom. The summed E-state index contributed by atoms with van der Waals surface area (Å²) in [6, 6.07) is 14.6. The smallest absolute Gasteiger partial charge is 0.262 e. The number of Topliss-reactive ketones (excluding diaryl/α,β-unsaturated/α-hetero) is 1. The van der Waals surface area contributed by atoms with Crippen molar-refractivity contribution in [2.45, 2.75) is 19.9 Å². The largest absolute Gasteiger partial charge is 0.484 e. The highest BCUT2D eigenvalue weighted by atomic mass is 16.5. The Morgan fingerprint density at radius 2 is 1.80 bits per heavy atom.